The minimum atomic E-state index is -4.34. The van der Waals surface area contributed by atoms with E-state index >= 15 is 0 Å². The molecular weight excluding hydrogens is 391 g/mol. The van der Waals surface area contributed by atoms with E-state index in [1.54, 1.807) is 13.8 Å². The van der Waals surface area contributed by atoms with Gasteiger partial charge in [-0.3, -0.25) is 4.79 Å². The number of carbonyl (C=O) groups excluding carboxylic acids is 1. The Hall–Kier alpha value is -1.96. The van der Waals surface area contributed by atoms with E-state index in [9.17, 15) is 23.1 Å². The van der Waals surface area contributed by atoms with Gasteiger partial charge in [-0.2, -0.15) is 13.2 Å². The lowest BCUT2D eigenvalue weighted by Crippen LogP contribution is -2.28. The van der Waals surface area contributed by atoms with Crippen LogP contribution in [0.15, 0.2) is 45.6 Å². The van der Waals surface area contributed by atoms with E-state index in [1.807, 2.05) is 6.92 Å². The molecule has 0 saturated carbocycles. The number of oxime groups is 1. The summed E-state index contributed by atoms with van der Waals surface area (Å²) < 4.78 is 37.9. The van der Waals surface area contributed by atoms with E-state index in [1.165, 1.54) is 23.9 Å². The smallest absolute Gasteiger partial charge is 0.416 e. The van der Waals surface area contributed by atoms with E-state index in [-0.39, 0.29) is 29.0 Å². The summed E-state index contributed by atoms with van der Waals surface area (Å²) in [6, 6.07) is 5.04. The summed E-state index contributed by atoms with van der Waals surface area (Å²) in [7, 11) is 0. The maximum atomic E-state index is 12.6. The molecule has 1 aromatic rings. The van der Waals surface area contributed by atoms with Crippen molar-refractivity contribution in [2.75, 3.05) is 12.4 Å². The molecule has 0 aliphatic heterocycles. The second-order valence-corrected chi connectivity index (χ2v) is 7.91. The molecule has 2 unspecified atom stereocenters. The van der Waals surface area contributed by atoms with Crippen LogP contribution in [0.4, 0.5) is 13.2 Å². The number of halogens is 3. The number of thioether (sulfide) groups is 1. The lowest BCUT2D eigenvalue weighted by molar-refractivity contribution is -0.137. The monoisotopic (exact) mass is 415 g/mol. The highest BCUT2D eigenvalue weighted by molar-refractivity contribution is 7.99. The quantitative estimate of drug-likeness (QED) is 0.356. The topological polar surface area (TPSA) is 58.9 Å². The van der Waals surface area contributed by atoms with Crippen LogP contribution in [-0.4, -0.2) is 29.0 Å². The zero-order valence-electron chi connectivity index (χ0n) is 16.0. The summed E-state index contributed by atoms with van der Waals surface area (Å²) in [5.41, 5.74) is -0.0728. The van der Waals surface area contributed by atoms with Crippen LogP contribution < -0.4 is 0 Å². The first-order valence-electron chi connectivity index (χ1n) is 9.05. The Bertz CT molecular complexity index is 757. The molecule has 0 saturated heterocycles. The number of allylic oxidation sites excluding steroid dienone is 2. The van der Waals surface area contributed by atoms with Crippen LogP contribution >= 0.6 is 11.8 Å². The molecule has 28 heavy (non-hydrogen) atoms. The highest BCUT2D eigenvalue weighted by Gasteiger charge is 2.32. The maximum absolute atomic E-state index is 12.6. The zero-order chi connectivity index (χ0) is 20.9. The fourth-order valence-electron chi connectivity index (χ4n) is 3.05. The molecule has 0 radical (unpaired) electrons. The summed E-state index contributed by atoms with van der Waals surface area (Å²) in [6.07, 6.45) is -3.67. The van der Waals surface area contributed by atoms with Gasteiger partial charge < -0.3 is 9.94 Å². The van der Waals surface area contributed by atoms with Crippen LogP contribution in [0.2, 0.25) is 0 Å². The number of rotatable bonds is 7. The number of aliphatic hydroxyl groups excluding tert-OH is 1. The van der Waals surface area contributed by atoms with Gasteiger partial charge in [-0.1, -0.05) is 12.1 Å². The molecule has 154 valence electrons. The van der Waals surface area contributed by atoms with E-state index in [0.717, 1.165) is 17.0 Å². The molecule has 0 aromatic heterocycles. The van der Waals surface area contributed by atoms with E-state index in [0.29, 0.717) is 30.9 Å². The van der Waals surface area contributed by atoms with Gasteiger partial charge in [0, 0.05) is 23.5 Å². The van der Waals surface area contributed by atoms with Crippen molar-refractivity contribution in [2.24, 2.45) is 17.0 Å². The van der Waals surface area contributed by atoms with Crippen LogP contribution in [-0.2, 0) is 15.8 Å². The van der Waals surface area contributed by atoms with E-state index < -0.39 is 11.7 Å². The number of ketones is 1. The Morgan fingerprint density at radius 2 is 1.96 bits per heavy atom. The van der Waals surface area contributed by atoms with Crippen LogP contribution in [0.25, 0.3) is 0 Å². The van der Waals surface area contributed by atoms with Gasteiger partial charge in [0.2, 0.25) is 0 Å². The van der Waals surface area contributed by atoms with Crippen molar-refractivity contribution in [3.63, 3.8) is 0 Å². The normalized spacial score (nSPS) is 19.7. The number of alkyl halides is 3. The lowest BCUT2D eigenvalue weighted by atomic mass is 9.79. The Labute approximate surface area is 166 Å². The Balaban J connectivity index is 1.98. The van der Waals surface area contributed by atoms with Crippen LogP contribution in [0.5, 0.6) is 0 Å². The molecular formula is C20H24F3NO3S. The summed E-state index contributed by atoms with van der Waals surface area (Å²) in [5.74, 6) is 0.564. The van der Waals surface area contributed by atoms with Gasteiger partial charge in [-0.05, 0) is 49.9 Å². The predicted molar refractivity (Wildman–Crippen MR) is 103 cm³/mol. The fourth-order valence-corrected chi connectivity index (χ4v) is 4.10. The van der Waals surface area contributed by atoms with Crippen LogP contribution in [0.1, 0.15) is 39.2 Å². The van der Waals surface area contributed by atoms with Crippen molar-refractivity contribution < 1.29 is 27.9 Å². The number of hydrogen-bond donors (Lipinski definition) is 1. The van der Waals surface area contributed by atoms with Gasteiger partial charge in [-0.15, -0.1) is 11.8 Å². The van der Waals surface area contributed by atoms with Crippen molar-refractivity contribution in [3.8, 4) is 0 Å². The molecule has 1 aliphatic rings. The molecule has 0 fully saturated rings. The molecule has 1 aromatic carbocycles. The molecule has 8 heteroatoms. The Morgan fingerprint density at radius 1 is 1.32 bits per heavy atom. The molecule has 0 heterocycles. The first-order valence-corrected chi connectivity index (χ1v) is 10.0. The van der Waals surface area contributed by atoms with Crippen molar-refractivity contribution >= 4 is 23.3 Å². The van der Waals surface area contributed by atoms with Crippen LogP contribution in [0.3, 0.4) is 0 Å². The Kier molecular flexibility index (Phi) is 7.57. The molecule has 2 atom stereocenters. The summed E-state index contributed by atoms with van der Waals surface area (Å²) in [6.45, 7) is 5.76. The fraction of sp³-hybridized carbons (Fsp3) is 0.500. The number of Topliss-reactive ketones (excluding diaryl/α,β-unsaturated/α-hetero) is 1. The van der Waals surface area contributed by atoms with Gasteiger partial charge in [0.15, 0.2) is 5.78 Å². The third kappa shape index (κ3) is 5.77. The summed E-state index contributed by atoms with van der Waals surface area (Å²) >= 11 is 1.44. The molecule has 0 bridgehead atoms. The third-order valence-corrected chi connectivity index (χ3v) is 5.96. The lowest BCUT2D eigenvalue weighted by Gasteiger charge is -2.28. The average Bonchev–Trinajstić information content (AvgIpc) is 2.63. The Morgan fingerprint density at radius 3 is 2.50 bits per heavy atom. The predicted octanol–water partition coefficient (Wildman–Crippen LogP) is 5.64. The summed E-state index contributed by atoms with van der Waals surface area (Å²) in [5, 5.41) is 14.2. The molecule has 0 spiro atoms. The van der Waals surface area contributed by atoms with Crippen molar-refractivity contribution in [3.05, 3.63) is 41.2 Å². The second kappa shape index (κ2) is 9.49. The van der Waals surface area contributed by atoms with Crippen molar-refractivity contribution in [2.45, 2.75) is 44.7 Å². The summed E-state index contributed by atoms with van der Waals surface area (Å²) in [4.78, 5) is 18.2. The van der Waals surface area contributed by atoms with Gasteiger partial charge in [-0.25, -0.2) is 0 Å². The van der Waals surface area contributed by atoms with Gasteiger partial charge >= 0.3 is 6.18 Å². The molecule has 1 aliphatic carbocycles. The van der Waals surface area contributed by atoms with Gasteiger partial charge in [0.25, 0.3) is 0 Å². The van der Waals surface area contributed by atoms with Gasteiger partial charge in [0.1, 0.15) is 12.4 Å². The number of aliphatic hydroxyl groups is 1. The minimum Gasteiger partial charge on any atom is -0.511 e. The number of benzene rings is 1. The number of carbonyl (C=O) groups is 1. The largest absolute Gasteiger partial charge is 0.511 e. The van der Waals surface area contributed by atoms with Crippen molar-refractivity contribution in [1.82, 2.24) is 0 Å². The molecule has 0 amide bonds. The second-order valence-electron chi connectivity index (χ2n) is 6.82. The first kappa shape index (κ1) is 22.3. The SMILES string of the molecule is CCO/N=C(\C)C1=C(O)CC(C(C)CSc2ccc(C(F)(F)F)cc2)CC1=O. The van der Waals surface area contributed by atoms with E-state index in [4.69, 9.17) is 4.84 Å². The number of nitrogens with zero attached hydrogens (tertiary/aromatic N) is 1. The highest BCUT2D eigenvalue weighted by atomic mass is 32.2. The maximum Gasteiger partial charge on any atom is 0.416 e. The number of hydrogen-bond acceptors (Lipinski definition) is 5. The first-order chi connectivity index (χ1) is 13.1. The minimum absolute atomic E-state index is 0.0218. The third-order valence-electron chi connectivity index (χ3n) is 4.66. The van der Waals surface area contributed by atoms with E-state index in [2.05, 4.69) is 5.16 Å². The zero-order valence-corrected chi connectivity index (χ0v) is 16.9. The molecule has 4 nitrogen and oxygen atoms in total. The standard InChI is InChI=1S/C20H24F3NO3S/c1-4-27-24-13(3)19-17(25)9-14(10-18(19)26)12(2)11-28-16-7-5-15(6-8-16)20(21,22)23/h5-8,12,14,25H,4,9-11H2,1-3H3/b24-13+. The average molecular weight is 415 g/mol. The van der Waals surface area contributed by atoms with Gasteiger partial charge in [0.05, 0.1) is 16.8 Å². The van der Waals surface area contributed by atoms with Crippen LogP contribution in [0, 0.1) is 11.8 Å². The van der Waals surface area contributed by atoms with Crippen molar-refractivity contribution in [1.29, 1.82) is 0 Å². The molecule has 2 rings (SSSR count). The molecule has 1 N–H and O–H groups in total. The highest BCUT2D eigenvalue weighted by Crippen LogP contribution is 2.35.